The molecule has 0 amide bonds. The second-order valence-electron chi connectivity index (χ2n) is 3.09. The average Bonchev–Trinajstić information content (AvgIpc) is 2.26. The monoisotopic (exact) mass is 207 g/mol. The lowest BCUT2D eigenvalue weighted by Crippen LogP contribution is -2.10. The number of nitrogens with two attached hydrogens (primary N) is 1. The van der Waals surface area contributed by atoms with Crippen molar-refractivity contribution in [3.8, 4) is 0 Å². The van der Waals surface area contributed by atoms with Crippen molar-refractivity contribution in [2.24, 2.45) is 0 Å². The topological polar surface area (TPSA) is 60.2 Å². The maximum atomic E-state index is 5.46. The van der Waals surface area contributed by atoms with Crippen LogP contribution in [0.2, 0.25) is 0 Å². The largest absolute Gasteiger partial charge is 0.384 e. The minimum Gasteiger partial charge on any atom is -0.384 e. The number of hydrogen-bond donors (Lipinski definition) is 2. The van der Waals surface area contributed by atoms with Crippen molar-refractivity contribution in [1.29, 1.82) is 0 Å². The summed E-state index contributed by atoms with van der Waals surface area (Å²) in [7, 11) is 0. The molecule has 0 spiro atoms. The number of nitrogens with one attached hydrogen (secondary N) is 1. The Balaban J connectivity index is 2.09. The van der Waals surface area contributed by atoms with Crippen molar-refractivity contribution < 1.29 is 4.74 Å². The van der Waals surface area contributed by atoms with Crippen LogP contribution >= 0.6 is 0 Å². The third-order valence-electron chi connectivity index (χ3n) is 1.83. The van der Waals surface area contributed by atoms with E-state index in [1.165, 1.54) is 0 Å². The van der Waals surface area contributed by atoms with Gasteiger partial charge in [-0.05, 0) is 18.6 Å². The van der Waals surface area contributed by atoms with Crippen LogP contribution in [-0.2, 0) is 4.74 Å². The summed E-state index contributed by atoms with van der Waals surface area (Å²) in [5, 5.41) is 3.18. The van der Waals surface area contributed by atoms with Gasteiger partial charge in [-0.15, -0.1) is 6.58 Å². The van der Waals surface area contributed by atoms with Crippen molar-refractivity contribution in [3.05, 3.63) is 31.0 Å². The van der Waals surface area contributed by atoms with Gasteiger partial charge in [0, 0.05) is 6.54 Å². The lowest BCUT2D eigenvalue weighted by molar-refractivity contribution is 0.149. The summed E-state index contributed by atoms with van der Waals surface area (Å²) in [5.74, 6) is 0.530. The molecule has 82 valence electrons. The van der Waals surface area contributed by atoms with Gasteiger partial charge in [0.15, 0.2) is 0 Å². The summed E-state index contributed by atoms with van der Waals surface area (Å²) in [6.45, 7) is 5.79. The van der Waals surface area contributed by atoms with Crippen molar-refractivity contribution in [2.45, 2.75) is 6.42 Å². The lowest BCUT2D eigenvalue weighted by Gasteiger charge is -2.06. The molecule has 0 atom stereocenters. The van der Waals surface area contributed by atoms with Crippen LogP contribution in [0.15, 0.2) is 31.0 Å². The molecule has 1 heterocycles. The van der Waals surface area contributed by atoms with Crippen molar-refractivity contribution in [2.75, 3.05) is 30.8 Å². The highest BCUT2D eigenvalue weighted by Gasteiger charge is 1.92. The molecular formula is C11H17N3O. The summed E-state index contributed by atoms with van der Waals surface area (Å²) in [5.41, 5.74) is 6.42. The number of ether oxygens (including phenoxy) is 1. The van der Waals surface area contributed by atoms with Crippen LogP contribution in [0.1, 0.15) is 6.42 Å². The van der Waals surface area contributed by atoms with Gasteiger partial charge in [-0.2, -0.15) is 0 Å². The first kappa shape index (κ1) is 11.5. The first-order valence-electron chi connectivity index (χ1n) is 4.97. The summed E-state index contributed by atoms with van der Waals surface area (Å²) < 4.78 is 5.34. The maximum absolute atomic E-state index is 5.46. The van der Waals surface area contributed by atoms with E-state index >= 15 is 0 Å². The van der Waals surface area contributed by atoms with Crippen LogP contribution in [0.3, 0.4) is 0 Å². The molecule has 0 unspecified atom stereocenters. The van der Waals surface area contributed by atoms with Gasteiger partial charge in [-0.25, -0.2) is 4.98 Å². The van der Waals surface area contributed by atoms with E-state index in [0.717, 1.165) is 25.3 Å². The van der Waals surface area contributed by atoms with E-state index in [4.69, 9.17) is 10.5 Å². The molecule has 0 bridgehead atoms. The fraction of sp³-hybridized carbons (Fsp3) is 0.364. The zero-order valence-electron chi connectivity index (χ0n) is 8.78. The van der Waals surface area contributed by atoms with Gasteiger partial charge in [0.05, 0.1) is 25.1 Å². The zero-order valence-corrected chi connectivity index (χ0v) is 8.78. The summed E-state index contributed by atoms with van der Waals surface area (Å²) in [6.07, 6.45) is 4.44. The fourth-order valence-corrected chi connectivity index (χ4v) is 1.05. The molecule has 1 aromatic heterocycles. The molecule has 0 aliphatic carbocycles. The SMILES string of the molecule is C=CCCOCCNc1ccc(N)nc1. The number of anilines is 2. The Hall–Kier alpha value is -1.55. The Labute approximate surface area is 90.2 Å². The third kappa shape index (κ3) is 5.02. The highest BCUT2D eigenvalue weighted by atomic mass is 16.5. The Morgan fingerprint density at radius 3 is 3.00 bits per heavy atom. The van der Waals surface area contributed by atoms with Gasteiger partial charge in [0.2, 0.25) is 0 Å². The number of aromatic nitrogens is 1. The van der Waals surface area contributed by atoms with E-state index in [1.807, 2.05) is 12.1 Å². The molecule has 15 heavy (non-hydrogen) atoms. The summed E-state index contributed by atoms with van der Waals surface area (Å²) in [4.78, 5) is 3.97. The maximum Gasteiger partial charge on any atom is 0.123 e. The third-order valence-corrected chi connectivity index (χ3v) is 1.83. The van der Waals surface area contributed by atoms with E-state index in [9.17, 15) is 0 Å². The van der Waals surface area contributed by atoms with Crippen LogP contribution in [0.25, 0.3) is 0 Å². The van der Waals surface area contributed by atoms with Crippen molar-refractivity contribution in [1.82, 2.24) is 4.98 Å². The normalized spacial score (nSPS) is 9.87. The first-order valence-corrected chi connectivity index (χ1v) is 4.97. The molecule has 1 aromatic rings. The second kappa shape index (κ2) is 6.84. The van der Waals surface area contributed by atoms with Crippen LogP contribution in [-0.4, -0.2) is 24.7 Å². The smallest absolute Gasteiger partial charge is 0.123 e. The minimum atomic E-state index is 0.530. The number of nitrogens with zero attached hydrogens (tertiary/aromatic N) is 1. The molecule has 4 heteroatoms. The Morgan fingerprint density at radius 2 is 2.33 bits per heavy atom. The highest BCUT2D eigenvalue weighted by Crippen LogP contribution is 2.05. The average molecular weight is 207 g/mol. The molecule has 0 aromatic carbocycles. The van der Waals surface area contributed by atoms with E-state index in [-0.39, 0.29) is 0 Å². The van der Waals surface area contributed by atoms with E-state index in [1.54, 1.807) is 12.3 Å². The van der Waals surface area contributed by atoms with Gasteiger partial charge in [-0.3, -0.25) is 0 Å². The Morgan fingerprint density at radius 1 is 1.47 bits per heavy atom. The highest BCUT2D eigenvalue weighted by molar-refractivity contribution is 5.45. The quantitative estimate of drug-likeness (QED) is 0.527. The van der Waals surface area contributed by atoms with Crippen molar-refractivity contribution in [3.63, 3.8) is 0 Å². The molecule has 0 radical (unpaired) electrons. The van der Waals surface area contributed by atoms with Crippen LogP contribution in [0.4, 0.5) is 11.5 Å². The van der Waals surface area contributed by atoms with Gasteiger partial charge >= 0.3 is 0 Å². The molecule has 0 fully saturated rings. The molecule has 0 saturated heterocycles. The second-order valence-corrected chi connectivity index (χ2v) is 3.09. The van der Waals surface area contributed by atoms with Crippen LogP contribution in [0, 0.1) is 0 Å². The zero-order chi connectivity index (χ0) is 10.9. The van der Waals surface area contributed by atoms with Gasteiger partial charge in [-0.1, -0.05) is 6.08 Å². The molecule has 0 aliphatic rings. The van der Waals surface area contributed by atoms with E-state index in [0.29, 0.717) is 12.4 Å². The summed E-state index contributed by atoms with van der Waals surface area (Å²) >= 11 is 0. The number of hydrogen-bond acceptors (Lipinski definition) is 4. The van der Waals surface area contributed by atoms with Gasteiger partial charge < -0.3 is 15.8 Å². The lowest BCUT2D eigenvalue weighted by atomic mass is 10.4. The minimum absolute atomic E-state index is 0.530. The van der Waals surface area contributed by atoms with Gasteiger partial charge in [0.1, 0.15) is 5.82 Å². The standard InChI is InChI=1S/C11H17N3O/c1-2-3-7-15-8-6-13-10-4-5-11(12)14-9-10/h2,4-5,9,13H,1,3,6-8H2,(H2,12,14). The molecule has 1 rings (SSSR count). The van der Waals surface area contributed by atoms with Crippen molar-refractivity contribution >= 4 is 11.5 Å². The Bertz CT molecular complexity index is 284. The van der Waals surface area contributed by atoms with Gasteiger partial charge in [0.25, 0.3) is 0 Å². The first-order chi connectivity index (χ1) is 7.33. The number of rotatable bonds is 7. The number of pyridine rings is 1. The molecule has 3 N–H and O–H groups in total. The fourth-order valence-electron chi connectivity index (χ4n) is 1.05. The molecular weight excluding hydrogens is 190 g/mol. The number of nitrogen functional groups attached to an aromatic ring is 1. The Kier molecular flexibility index (Phi) is 5.25. The van der Waals surface area contributed by atoms with Crippen LogP contribution < -0.4 is 11.1 Å². The molecule has 0 saturated carbocycles. The summed E-state index contributed by atoms with van der Waals surface area (Å²) in [6, 6.07) is 3.66. The predicted octanol–water partition coefficient (Wildman–Crippen LogP) is 1.67. The van der Waals surface area contributed by atoms with Crippen LogP contribution in [0.5, 0.6) is 0 Å². The molecule has 4 nitrogen and oxygen atoms in total. The molecule has 0 aliphatic heterocycles. The van der Waals surface area contributed by atoms with E-state index in [2.05, 4.69) is 16.9 Å². The predicted molar refractivity (Wildman–Crippen MR) is 62.8 cm³/mol. The van der Waals surface area contributed by atoms with E-state index < -0.39 is 0 Å².